The lowest BCUT2D eigenvalue weighted by Crippen LogP contribution is -2.14. The molecular weight excluding hydrogens is 221 g/mol. The van der Waals surface area contributed by atoms with Crippen LogP contribution in [0.5, 0.6) is 0 Å². The van der Waals surface area contributed by atoms with Gasteiger partial charge in [0, 0.05) is 7.11 Å². The number of methoxy groups -OCH3 is 1. The Kier molecular flexibility index (Phi) is 3.43. The van der Waals surface area contributed by atoms with Crippen LogP contribution in [0.2, 0.25) is 0 Å². The zero-order chi connectivity index (χ0) is 11.6. The van der Waals surface area contributed by atoms with E-state index in [1.807, 2.05) is 0 Å². The Morgan fingerprint density at radius 2 is 2.07 bits per heavy atom. The number of primary sulfonamides is 1. The number of hydrogen-bond acceptors (Lipinski definition) is 3. The van der Waals surface area contributed by atoms with Crippen LogP contribution in [0, 0.1) is 5.82 Å². The minimum absolute atomic E-state index is 0.297. The molecule has 0 fully saturated rings. The van der Waals surface area contributed by atoms with Gasteiger partial charge in [-0.1, -0.05) is 6.07 Å². The molecule has 1 atom stereocenters. The van der Waals surface area contributed by atoms with Gasteiger partial charge >= 0.3 is 0 Å². The Morgan fingerprint density at radius 3 is 2.47 bits per heavy atom. The second-order valence-corrected chi connectivity index (χ2v) is 4.64. The highest BCUT2D eigenvalue weighted by Gasteiger charge is 2.15. The molecule has 1 aromatic carbocycles. The number of sulfonamides is 1. The quantitative estimate of drug-likeness (QED) is 0.852. The third-order valence-corrected chi connectivity index (χ3v) is 3.03. The molecule has 84 valence electrons. The standard InChI is InChI=1S/C9H12FNO3S/c1-6(14-2)7-3-4-9(8(10)5-7)15(11,12)13/h3-6H,1-2H3,(H2,11,12,13). The average molecular weight is 233 g/mol. The van der Waals surface area contributed by atoms with E-state index in [4.69, 9.17) is 9.88 Å². The van der Waals surface area contributed by atoms with Crippen LogP contribution in [0.3, 0.4) is 0 Å². The summed E-state index contributed by atoms with van der Waals surface area (Å²) in [5.74, 6) is -0.862. The molecule has 0 heterocycles. The molecule has 1 rings (SSSR count). The predicted octanol–water partition coefficient (Wildman–Crippen LogP) is 1.18. The first-order valence-electron chi connectivity index (χ1n) is 4.21. The van der Waals surface area contributed by atoms with Gasteiger partial charge in [0.2, 0.25) is 10.0 Å². The van der Waals surface area contributed by atoms with Crippen molar-refractivity contribution in [2.75, 3.05) is 7.11 Å². The van der Waals surface area contributed by atoms with E-state index < -0.39 is 20.7 Å². The Balaban J connectivity index is 3.21. The average Bonchev–Trinajstić information content (AvgIpc) is 2.14. The molecule has 0 spiro atoms. The van der Waals surface area contributed by atoms with E-state index in [0.717, 1.165) is 12.1 Å². The van der Waals surface area contributed by atoms with E-state index in [1.165, 1.54) is 13.2 Å². The minimum atomic E-state index is -4.00. The van der Waals surface area contributed by atoms with Crippen LogP contribution in [-0.2, 0) is 14.8 Å². The molecule has 0 amide bonds. The number of rotatable bonds is 3. The molecule has 6 heteroatoms. The highest BCUT2D eigenvalue weighted by atomic mass is 32.2. The van der Waals surface area contributed by atoms with Gasteiger partial charge in [-0.25, -0.2) is 17.9 Å². The Bertz CT molecular complexity index is 458. The third kappa shape index (κ3) is 2.74. The predicted molar refractivity (Wildman–Crippen MR) is 53.2 cm³/mol. The van der Waals surface area contributed by atoms with Gasteiger partial charge in [0.25, 0.3) is 0 Å². The second-order valence-electron chi connectivity index (χ2n) is 3.11. The number of nitrogens with two attached hydrogens (primary N) is 1. The van der Waals surface area contributed by atoms with E-state index in [1.54, 1.807) is 6.92 Å². The molecular formula is C9H12FNO3S. The van der Waals surface area contributed by atoms with Crippen LogP contribution >= 0.6 is 0 Å². The van der Waals surface area contributed by atoms with Crippen molar-refractivity contribution in [3.63, 3.8) is 0 Å². The van der Waals surface area contributed by atoms with Gasteiger partial charge in [-0.05, 0) is 24.6 Å². The van der Waals surface area contributed by atoms with Crippen molar-refractivity contribution in [1.82, 2.24) is 0 Å². The van der Waals surface area contributed by atoms with Gasteiger partial charge < -0.3 is 4.74 Å². The number of ether oxygens (including phenoxy) is 1. The summed E-state index contributed by atoms with van der Waals surface area (Å²) < 4.78 is 40.1. The summed E-state index contributed by atoms with van der Waals surface area (Å²) in [7, 11) is -2.52. The molecule has 0 aromatic heterocycles. The molecule has 0 saturated heterocycles. The molecule has 2 N–H and O–H groups in total. The summed E-state index contributed by atoms with van der Waals surface area (Å²) in [5.41, 5.74) is 0.558. The van der Waals surface area contributed by atoms with Crippen LogP contribution in [0.4, 0.5) is 4.39 Å². The molecule has 4 nitrogen and oxygen atoms in total. The number of halogens is 1. The van der Waals surface area contributed by atoms with Crippen LogP contribution in [0.25, 0.3) is 0 Å². The summed E-state index contributed by atoms with van der Waals surface area (Å²) >= 11 is 0. The molecule has 0 saturated carbocycles. The zero-order valence-corrected chi connectivity index (χ0v) is 9.21. The molecule has 0 radical (unpaired) electrons. The normalized spacial score (nSPS) is 13.9. The minimum Gasteiger partial charge on any atom is -0.377 e. The Hall–Kier alpha value is -0.980. The highest BCUT2D eigenvalue weighted by Crippen LogP contribution is 2.20. The van der Waals surface area contributed by atoms with Gasteiger partial charge in [-0.3, -0.25) is 0 Å². The van der Waals surface area contributed by atoms with Crippen LogP contribution in [-0.4, -0.2) is 15.5 Å². The maximum Gasteiger partial charge on any atom is 0.240 e. The first kappa shape index (κ1) is 12.1. The van der Waals surface area contributed by atoms with Crippen LogP contribution in [0.15, 0.2) is 23.1 Å². The smallest absolute Gasteiger partial charge is 0.240 e. The van der Waals surface area contributed by atoms with Crippen molar-refractivity contribution in [3.8, 4) is 0 Å². The number of hydrogen-bond donors (Lipinski definition) is 1. The fourth-order valence-electron chi connectivity index (χ4n) is 1.14. The maximum absolute atomic E-state index is 13.3. The molecule has 1 unspecified atom stereocenters. The van der Waals surface area contributed by atoms with Gasteiger partial charge in [-0.15, -0.1) is 0 Å². The van der Waals surface area contributed by atoms with E-state index in [9.17, 15) is 12.8 Å². The van der Waals surface area contributed by atoms with E-state index in [0.29, 0.717) is 5.56 Å². The molecule has 0 aliphatic heterocycles. The molecule has 1 aromatic rings. The monoisotopic (exact) mass is 233 g/mol. The molecule has 15 heavy (non-hydrogen) atoms. The first-order valence-corrected chi connectivity index (χ1v) is 5.76. The lowest BCUT2D eigenvalue weighted by molar-refractivity contribution is 0.119. The van der Waals surface area contributed by atoms with Crippen molar-refractivity contribution in [2.24, 2.45) is 5.14 Å². The fourth-order valence-corrected chi connectivity index (χ4v) is 1.73. The molecule has 0 bridgehead atoms. The topological polar surface area (TPSA) is 69.4 Å². The summed E-state index contributed by atoms with van der Waals surface area (Å²) in [6, 6.07) is 3.71. The first-order chi connectivity index (χ1) is 6.86. The lowest BCUT2D eigenvalue weighted by atomic mass is 10.1. The van der Waals surface area contributed by atoms with Crippen LogP contribution < -0.4 is 5.14 Å². The lowest BCUT2D eigenvalue weighted by Gasteiger charge is -2.10. The summed E-state index contributed by atoms with van der Waals surface area (Å²) in [5, 5.41) is 4.82. The van der Waals surface area contributed by atoms with Gasteiger partial charge in [-0.2, -0.15) is 0 Å². The summed E-state index contributed by atoms with van der Waals surface area (Å²) in [6.45, 7) is 1.73. The molecule has 0 aliphatic rings. The SMILES string of the molecule is COC(C)c1ccc(S(N)(=O)=O)c(F)c1. The summed E-state index contributed by atoms with van der Waals surface area (Å²) in [4.78, 5) is -0.505. The van der Waals surface area contributed by atoms with E-state index >= 15 is 0 Å². The van der Waals surface area contributed by atoms with E-state index in [2.05, 4.69) is 0 Å². The van der Waals surface area contributed by atoms with Crippen molar-refractivity contribution in [2.45, 2.75) is 17.9 Å². The molecule has 0 aliphatic carbocycles. The van der Waals surface area contributed by atoms with Crippen LogP contribution in [0.1, 0.15) is 18.6 Å². The maximum atomic E-state index is 13.3. The fraction of sp³-hybridized carbons (Fsp3) is 0.333. The number of benzene rings is 1. The second kappa shape index (κ2) is 4.26. The Morgan fingerprint density at radius 1 is 1.47 bits per heavy atom. The Labute approximate surface area is 87.9 Å². The zero-order valence-electron chi connectivity index (χ0n) is 8.40. The van der Waals surface area contributed by atoms with E-state index in [-0.39, 0.29) is 6.10 Å². The van der Waals surface area contributed by atoms with Gasteiger partial charge in [0.1, 0.15) is 10.7 Å². The van der Waals surface area contributed by atoms with Crippen molar-refractivity contribution < 1.29 is 17.5 Å². The van der Waals surface area contributed by atoms with Gasteiger partial charge in [0.05, 0.1) is 6.10 Å². The summed E-state index contributed by atoms with van der Waals surface area (Å²) in [6.07, 6.45) is -0.297. The van der Waals surface area contributed by atoms with Crippen molar-refractivity contribution in [3.05, 3.63) is 29.6 Å². The van der Waals surface area contributed by atoms with Gasteiger partial charge in [0.15, 0.2) is 0 Å². The van der Waals surface area contributed by atoms with Crippen molar-refractivity contribution in [1.29, 1.82) is 0 Å². The highest BCUT2D eigenvalue weighted by molar-refractivity contribution is 7.89. The largest absolute Gasteiger partial charge is 0.377 e. The van der Waals surface area contributed by atoms with Crippen molar-refractivity contribution >= 4 is 10.0 Å². The third-order valence-electron chi connectivity index (χ3n) is 2.09.